The van der Waals surface area contributed by atoms with Crippen LogP contribution in [0.2, 0.25) is 5.02 Å². The fraction of sp³-hybridized carbons (Fsp3) is 0.0588. The summed E-state index contributed by atoms with van der Waals surface area (Å²) in [5, 5.41) is 17.9. The average Bonchev–Trinajstić information content (AvgIpc) is 2.63. The van der Waals surface area contributed by atoms with E-state index in [9.17, 15) is 14.5 Å². The molecule has 9 heteroatoms. The van der Waals surface area contributed by atoms with E-state index in [1.54, 1.807) is 24.3 Å². The average molecular weight is 374 g/mol. The summed E-state index contributed by atoms with van der Waals surface area (Å²) in [6.07, 6.45) is 1.21. The number of anilines is 3. The lowest BCUT2D eigenvalue weighted by Crippen LogP contribution is -2.08. The van der Waals surface area contributed by atoms with E-state index in [0.717, 1.165) is 5.56 Å². The number of hydrogen-bond acceptors (Lipinski definition) is 6. The third-order valence-electron chi connectivity index (χ3n) is 3.49. The van der Waals surface area contributed by atoms with E-state index in [4.69, 9.17) is 11.6 Å². The van der Waals surface area contributed by atoms with Gasteiger partial charge in [-0.25, -0.2) is 14.4 Å². The van der Waals surface area contributed by atoms with Crippen molar-refractivity contribution in [1.82, 2.24) is 9.97 Å². The van der Waals surface area contributed by atoms with Crippen LogP contribution >= 0.6 is 11.6 Å². The number of benzene rings is 2. The van der Waals surface area contributed by atoms with E-state index in [0.29, 0.717) is 17.3 Å². The summed E-state index contributed by atoms with van der Waals surface area (Å²) in [7, 11) is 0. The van der Waals surface area contributed by atoms with E-state index >= 15 is 0 Å². The molecule has 2 aromatic carbocycles. The highest BCUT2D eigenvalue weighted by Crippen LogP contribution is 2.31. The van der Waals surface area contributed by atoms with Gasteiger partial charge >= 0.3 is 5.69 Å². The molecule has 0 bridgehead atoms. The largest absolute Gasteiger partial charge is 0.360 e. The summed E-state index contributed by atoms with van der Waals surface area (Å²) in [6, 6.07) is 12.5. The van der Waals surface area contributed by atoms with Gasteiger partial charge in [0, 0.05) is 17.3 Å². The van der Waals surface area contributed by atoms with Crippen molar-refractivity contribution < 1.29 is 9.31 Å². The maximum Gasteiger partial charge on any atom is 0.353 e. The molecular weight excluding hydrogens is 361 g/mol. The second-order valence-electron chi connectivity index (χ2n) is 5.29. The molecule has 132 valence electrons. The van der Waals surface area contributed by atoms with E-state index in [1.165, 1.54) is 30.6 Å². The van der Waals surface area contributed by atoms with Gasteiger partial charge in [0.15, 0.2) is 0 Å². The second kappa shape index (κ2) is 7.75. The summed E-state index contributed by atoms with van der Waals surface area (Å²) < 4.78 is 13.0. The van der Waals surface area contributed by atoms with Crippen molar-refractivity contribution >= 4 is 34.6 Å². The number of nitro groups is 1. The zero-order valence-electron chi connectivity index (χ0n) is 13.3. The second-order valence-corrected chi connectivity index (χ2v) is 5.72. The first kappa shape index (κ1) is 17.6. The van der Waals surface area contributed by atoms with Crippen molar-refractivity contribution in [2.24, 2.45) is 0 Å². The number of halogens is 2. The van der Waals surface area contributed by atoms with Gasteiger partial charge in [0.1, 0.15) is 12.1 Å². The van der Waals surface area contributed by atoms with Crippen LogP contribution in [0.15, 0.2) is 54.9 Å². The Morgan fingerprint density at radius 3 is 2.35 bits per heavy atom. The van der Waals surface area contributed by atoms with Gasteiger partial charge in [-0.3, -0.25) is 10.1 Å². The van der Waals surface area contributed by atoms with Crippen molar-refractivity contribution in [3.63, 3.8) is 0 Å². The highest BCUT2D eigenvalue weighted by Gasteiger charge is 2.23. The molecule has 0 saturated carbocycles. The molecule has 2 N–H and O–H groups in total. The van der Waals surface area contributed by atoms with Crippen LogP contribution in [0.5, 0.6) is 0 Å². The van der Waals surface area contributed by atoms with Crippen molar-refractivity contribution in [2.45, 2.75) is 6.54 Å². The highest BCUT2D eigenvalue weighted by molar-refractivity contribution is 6.30. The lowest BCUT2D eigenvalue weighted by Gasteiger charge is -2.10. The Bertz CT molecular complexity index is 919. The lowest BCUT2D eigenvalue weighted by molar-refractivity contribution is -0.383. The Labute approximate surface area is 153 Å². The summed E-state index contributed by atoms with van der Waals surface area (Å²) in [5.41, 5.74) is 1.05. The van der Waals surface area contributed by atoms with Crippen LogP contribution in [0.25, 0.3) is 0 Å². The van der Waals surface area contributed by atoms with Crippen LogP contribution in [-0.4, -0.2) is 14.9 Å². The molecule has 7 nitrogen and oxygen atoms in total. The summed E-state index contributed by atoms with van der Waals surface area (Å²) in [6.45, 7) is 0.324. The lowest BCUT2D eigenvalue weighted by atomic mass is 10.2. The van der Waals surface area contributed by atoms with Crippen LogP contribution < -0.4 is 10.6 Å². The zero-order chi connectivity index (χ0) is 18.5. The van der Waals surface area contributed by atoms with Gasteiger partial charge in [-0.15, -0.1) is 0 Å². The van der Waals surface area contributed by atoms with Gasteiger partial charge in [-0.1, -0.05) is 23.7 Å². The first-order valence-electron chi connectivity index (χ1n) is 7.53. The SMILES string of the molecule is O=[N+]([O-])c1c(NCc2ccc(Cl)cc2)ncnc1Nc1ccc(F)cc1. The highest BCUT2D eigenvalue weighted by atomic mass is 35.5. The van der Waals surface area contributed by atoms with Gasteiger partial charge in [0.25, 0.3) is 0 Å². The first-order chi connectivity index (χ1) is 12.5. The minimum atomic E-state index is -0.573. The van der Waals surface area contributed by atoms with Crippen molar-refractivity contribution in [2.75, 3.05) is 10.6 Å². The molecule has 0 aliphatic heterocycles. The maximum atomic E-state index is 13.0. The predicted octanol–water partition coefficient (Wildman–Crippen LogP) is 4.53. The number of rotatable bonds is 6. The molecule has 0 saturated heterocycles. The van der Waals surface area contributed by atoms with Crippen LogP contribution in [0.3, 0.4) is 0 Å². The fourth-order valence-corrected chi connectivity index (χ4v) is 2.36. The molecule has 0 fully saturated rings. The van der Waals surface area contributed by atoms with E-state index in [1.807, 2.05) is 0 Å². The maximum absolute atomic E-state index is 13.0. The molecule has 0 amide bonds. The first-order valence-corrected chi connectivity index (χ1v) is 7.91. The molecule has 1 aromatic heterocycles. The van der Waals surface area contributed by atoms with Gasteiger partial charge in [0.2, 0.25) is 11.6 Å². The third-order valence-corrected chi connectivity index (χ3v) is 3.74. The topological polar surface area (TPSA) is 93.0 Å². The van der Waals surface area contributed by atoms with Gasteiger partial charge in [-0.2, -0.15) is 0 Å². The van der Waals surface area contributed by atoms with Crippen molar-refractivity contribution in [3.8, 4) is 0 Å². The number of nitrogens with one attached hydrogen (secondary N) is 2. The molecule has 3 aromatic rings. The fourth-order valence-electron chi connectivity index (χ4n) is 2.23. The van der Waals surface area contributed by atoms with Crippen LogP contribution in [0, 0.1) is 15.9 Å². The molecular formula is C17H13ClFN5O2. The molecule has 0 radical (unpaired) electrons. The van der Waals surface area contributed by atoms with Gasteiger partial charge in [-0.05, 0) is 42.0 Å². The van der Waals surface area contributed by atoms with Crippen LogP contribution in [-0.2, 0) is 6.54 Å². The smallest absolute Gasteiger partial charge is 0.353 e. The molecule has 0 unspecified atom stereocenters. The molecule has 1 heterocycles. The quantitative estimate of drug-likeness (QED) is 0.487. The van der Waals surface area contributed by atoms with Gasteiger partial charge < -0.3 is 10.6 Å². The Balaban J connectivity index is 1.84. The molecule has 3 rings (SSSR count). The van der Waals surface area contributed by atoms with E-state index in [2.05, 4.69) is 20.6 Å². The predicted molar refractivity (Wildman–Crippen MR) is 97.1 cm³/mol. The molecule has 0 spiro atoms. The van der Waals surface area contributed by atoms with E-state index < -0.39 is 10.7 Å². The van der Waals surface area contributed by atoms with Crippen molar-refractivity contribution in [1.29, 1.82) is 0 Å². The molecule has 0 atom stereocenters. The standard InChI is InChI=1S/C17H13ClFN5O2/c18-12-3-1-11(2-4-12)9-20-16-15(24(25)26)17(22-10-21-16)23-14-7-5-13(19)6-8-14/h1-8,10H,9H2,(H2,20,21,22,23). The normalized spacial score (nSPS) is 10.4. The summed E-state index contributed by atoms with van der Waals surface area (Å²) in [4.78, 5) is 18.8. The zero-order valence-corrected chi connectivity index (χ0v) is 14.1. The Morgan fingerprint density at radius 1 is 1.04 bits per heavy atom. The Kier molecular flexibility index (Phi) is 5.23. The van der Waals surface area contributed by atoms with E-state index in [-0.39, 0.29) is 17.3 Å². The molecule has 26 heavy (non-hydrogen) atoms. The van der Waals surface area contributed by atoms with Crippen LogP contribution in [0.1, 0.15) is 5.56 Å². The summed E-state index contributed by atoms with van der Waals surface area (Å²) >= 11 is 5.84. The van der Waals surface area contributed by atoms with Gasteiger partial charge in [0.05, 0.1) is 4.92 Å². The summed E-state index contributed by atoms with van der Waals surface area (Å²) in [5.74, 6) is -0.321. The third kappa shape index (κ3) is 4.22. The Hall–Kier alpha value is -3.26. The molecule has 0 aliphatic rings. The minimum Gasteiger partial charge on any atom is -0.360 e. The molecule has 0 aliphatic carbocycles. The number of nitrogens with zero attached hydrogens (tertiary/aromatic N) is 3. The van der Waals surface area contributed by atoms with Crippen molar-refractivity contribution in [3.05, 3.63) is 81.4 Å². The monoisotopic (exact) mass is 373 g/mol. The number of hydrogen-bond donors (Lipinski definition) is 2. The Morgan fingerprint density at radius 2 is 1.69 bits per heavy atom. The number of aromatic nitrogens is 2. The van der Waals surface area contributed by atoms with Crippen LogP contribution in [0.4, 0.5) is 27.4 Å². The minimum absolute atomic E-state index is 0.00946.